The number of aromatic hydroxyl groups is 1. The van der Waals surface area contributed by atoms with E-state index in [1.807, 2.05) is 43.3 Å². The lowest BCUT2D eigenvalue weighted by Crippen LogP contribution is -1.76. The van der Waals surface area contributed by atoms with Crippen LogP contribution in [0.4, 0.5) is 11.4 Å². The zero-order valence-corrected chi connectivity index (χ0v) is 11.0. The van der Waals surface area contributed by atoms with Crippen molar-refractivity contribution < 1.29 is 5.11 Å². The van der Waals surface area contributed by atoms with Gasteiger partial charge < -0.3 is 5.11 Å². The largest absolute Gasteiger partial charge is 0.506 e. The predicted molar refractivity (Wildman–Crippen MR) is 78.8 cm³/mol. The Balaban J connectivity index is 1.96. The van der Waals surface area contributed by atoms with Crippen LogP contribution in [0, 0.1) is 6.92 Å². The van der Waals surface area contributed by atoms with Gasteiger partial charge >= 0.3 is 0 Å². The molecule has 3 aromatic rings. The predicted octanol–water partition coefficient (Wildman–Crippen LogP) is 4.66. The molecule has 0 radical (unpaired) electrons. The van der Waals surface area contributed by atoms with Crippen LogP contribution in [0.2, 0.25) is 0 Å². The van der Waals surface area contributed by atoms with Crippen LogP contribution in [0.3, 0.4) is 0 Å². The quantitative estimate of drug-likeness (QED) is 0.683. The second-order valence-corrected chi connectivity index (χ2v) is 4.57. The SMILES string of the molecule is Cc1ccc(O)c(N=Nc2ccc3ncccc3c2)c1. The molecule has 0 fully saturated rings. The van der Waals surface area contributed by atoms with Gasteiger partial charge in [0.2, 0.25) is 0 Å². The van der Waals surface area contributed by atoms with Gasteiger partial charge in [0, 0.05) is 11.6 Å². The molecule has 20 heavy (non-hydrogen) atoms. The fraction of sp³-hybridized carbons (Fsp3) is 0.0625. The summed E-state index contributed by atoms with van der Waals surface area (Å²) in [5, 5.41) is 19.0. The number of fused-ring (bicyclic) bond motifs is 1. The Hall–Kier alpha value is -2.75. The second kappa shape index (κ2) is 5.09. The van der Waals surface area contributed by atoms with Crippen LogP contribution in [0.15, 0.2) is 65.0 Å². The van der Waals surface area contributed by atoms with E-state index in [-0.39, 0.29) is 5.75 Å². The number of pyridine rings is 1. The summed E-state index contributed by atoms with van der Waals surface area (Å²) >= 11 is 0. The molecular weight excluding hydrogens is 250 g/mol. The molecule has 0 aliphatic rings. The molecule has 0 bridgehead atoms. The van der Waals surface area contributed by atoms with E-state index < -0.39 is 0 Å². The average molecular weight is 263 g/mol. The van der Waals surface area contributed by atoms with Crippen molar-refractivity contribution in [2.24, 2.45) is 10.2 Å². The lowest BCUT2D eigenvalue weighted by molar-refractivity contribution is 0.476. The Bertz CT molecular complexity index is 797. The Labute approximate surface area is 116 Å². The van der Waals surface area contributed by atoms with Crippen molar-refractivity contribution in [3.63, 3.8) is 0 Å². The second-order valence-electron chi connectivity index (χ2n) is 4.57. The van der Waals surface area contributed by atoms with Crippen LogP contribution in [0.1, 0.15) is 5.56 Å². The van der Waals surface area contributed by atoms with Gasteiger partial charge in [-0.05, 0) is 48.9 Å². The van der Waals surface area contributed by atoms with Crippen LogP contribution >= 0.6 is 0 Å². The number of phenols is 1. The van der Waals surface area contributed by atoms with Gasteiger partial charge in [0.25, 0.3) is 0 Å². The highest BCUT2D eigenvalue weighted by molar-refractivity contribution is 5.81. The third kappa shape index (κ3) is 2.49. The summed E-state index contributed by atoms with van der Waals surface area (Å²) < 4.78 is 0. The lowest BCUT2D eigenvalue weighted by atomic mass is 10.2. The van der Waals surface area contributed by atoms with Crippen LogP contribution < -0.4 is 0 Å². The van der Waals surface area contributed by atoms with E-state index in [9.17, 15) is 5.11 Å². The van der Waals surface area contributed by atoms with E-state index in [1.54, 1.807) is 18.3 Å². The number of azo groups is 1. The van der Waals surface area contributed by atoms with Crippen molar-refractivity contribution in [3.8, 4) is 5.75 Å². The van der Waals surface area contributed by atoms with Crippen LogP contribution in [0.5, 0.6) is 5.75 Å². The number of hydrogen-bond acceptors (Lipinski definition) is 4. The first-order valence-corrected chi connectivity index (χ1v) is 6.28. The Morgan fingerprint density at radius 3 is 2.80 bits per heavy atom. The maximum Gasteiger partial charge on any atom is 0.143 e. The molecule has 0 atom stereocenters. The highest BCUT2D eigenvalue weighted by Crippen LogP contribution is 2.29. The molecule has 0 amide bonds. The third-order valence-electron chi connectivity index (χ3n) is 2.99. The minimum absolute atomic E-state index is 0.127. The molecule has 1 aromatic heterocycles. The molecule has 0 saturated carbocycles. The van der Waals surface area contributed by atoms with E-state index in [0.29, 0.717) is 5.69 Å². The summed E-state index contributed by atoms with van der Waals surface area (Å²) in [4.78, 5) is 4.25. The van der Waals surface area contributed by atoms with Gasteiger partial charge in [-0.25, -0.2) is 0 Å². The maximum absolute atomic E-state index is 9.72. The zero-order valence-electron chi connectivity index (χ0n) is 11.0. The van der Waals surface area contributed by atoms with Crippen LogP contribution in [0.25, 0.3) is 10.9 Å². The molecule has 0 aliphatic heterocycles. The third-order valence-corrected chi connectivity index (χ3v) is 2.99. The van der Waals surface area contributed by atoms with Gasteiger partial charge in [-0.3, -0.25) is 4.98 Å². The first-order valence-electron chi connectivity index (χ1n) is 6.28. The number of nitrogens with zero attached hydrogens (tertiary/aromatic N) is 3. The van der Waals surface area contributed by atoms with Crippen molar-refractivity contribution in [3.05, 3.63) is 60.3 Å². The van der Waals surface area contributed by atoms with Crippen LogP contribution in [-0.4, -0.2) is 10.1 Å². The standard InChI is InChI=1S/C16H13N3O/c1-11-4-7-16(20)15(9-11)19-18-13-5-6-14-12(10-13)3-2-8-17-14/h2-10,20H,1H3. The summed E-state index contributed by atoms with van der Waals surface area (Å²) in [7, 11) is 0. The van der Waals surface area contributed by atoms with Crippen molar-refractivity contribution in [2.45, 2.75) is 6.92 Å². The number of phenolic OH excluding ortho intramolecular Hbond substituents is 1. The molecular formula is C16H13N3O. The van der Waals surface area contributed by atoms with Gasteiger partial charge in [0.15, 0.2) is 0 Å². The molecule has 0 saturated heterocycles. The number of aryl methyl sites for hydroxylation is 1. The summed E-state index contributed by atoms with van der Waals surface area (Å²) in [5.74, 6) is 0.127. The first-order chi connectivity index (χ1) is 9.72. The summed E-state index contributed by atoms with van der Waals surface area (Å²) in [6.07, 6.45) is 1.76. The van der Waals surface area contributed by atoms with E-state index in [4.69, 9.17) is 0 Å². The van der Waals surface area contributed by atoms with Crippen molar-refractivity contribution >= 4 is 22.3 Å². The molecule has 3 rings (SSSR count). The van der Waals surface area contributed by atoms with E-state index >= 15 is 0 Å². The van der Waals surface area contributed by atoms with Gasteiger partial charge in [-0.1, -0.05) is 12.1 Å². The molecule has 4 nitrogen and oxygen atoms in total. The van der Waals surface area contributed by atoms with E-state index in [2.05, 4.69) is 15.2 Å². The van der Waals surface area contributed by atoms with Gasteiger partial charge in [0.05, 0.1) is 11.2 Å². The molecule has 1 heterocycles. The molecule has 1 N–H and O–H groups in total. The molecule has 0 spiro atoms. The highest BCUT2D eigenvalue weighted by Gasteiger charge is 2.00. The van der Waals surface area contributed by atoms with Crippen LogP contribution in [-0.2, 0) is 0 Å². The van der Waals surface area contributed by atoms with Crippen molar-refractivity contribution in [1.29, 1.82) is 0 Å². The highest BCUT2D eigenvalue weighted by atomic mass is 16.3. The number of benzene rings is 2. The summed E-state index contributed by atoms with van der Waals surface area (Å²) in [5.41, 5.74) is 3.15. The summed E-state index contributed by atoms with van der Waals surface area (Å²) in [6, 6.07) is 14.8. The van der Waals surface area contributed by atoms with E-state index in [0.717, 1.165) is 22.2 Å². The number of hydrogen-bond donors (Lipinski definition) is 1. The fourth-order valence-electron chi connectivity index (χ4n) is 1.95. The Morgan fingerprint density at radius 1 is 1.00 bits per heavy atom. The number of rotatable bonds is 2. The maximum atomic E-state index is 9.72. The molecule has 98 valence electrons. The number of aromatic nitrogens is 1. The topological polar surface area (TPSA) is 57.8 Å². The fourth-order valence-corrected chi connectivity index (χ4v) is 1.95. The summed E-state index contributed by atoms with van der Waals surface area (Å²) in [6.45, 7) is 1.94. The zero-order chi connectivity index (χ0) is 13.9. The first kappa shape index (κ1) is 12.3. The lowest BCUT2D eigenvalue weighted by Gasteiger charge is -2.00. The van der Waals surface area contributed by atoms with Gasteiger partial charge in [-0.2, -0.15) is 5.11 Å². The molecule has 2 aromatic carbocycles. The molecule has 4 heteroatoms. The van der Waals surface area contributed by atoms with Crippen molar-refractivity contribution in [2.75, 3.05) is 0 Å². The monoisotopic (exact) mass is 263 g/mol. The molecule has 0 aliphatic carbocycles. The minimum atomic E-state index is 0.127. The van der Waals surface area contributed by atoms with Gasteiger partial charge in [-0.15, -0.1) is 5.11 Å². The normalized spacial score (nSPS) is 11.2. The Morgan fingerprint density at radius 2 is 1.90 bits per heavy atom. The minimum Gasteiger partial charge on any atom is -0.506 e. The van der Waals surface area contributed by atoms with E-state index in [1.165, 1.54) is 0 Å². The average Bonchev–Trinajstić information content (AvgIpc) is 2.48. The molecule has 0 unspecified atom stereocenters. The van der Waals surface area contributed by atoms with Crippen molar-refractivity contribution in [1.82, 2.24) is 4.98 Å². The smallest absolute Gasteiger partial charge is 0.143 e. The van der Waals surface area contributed by atoms with Gasteiger partial charge in [0.1, 0.15) is 11.4 Å². The Kier molecular flexibility index (Phi) is 3.13.